The van der Waals surface area contributed by atoms with Crippen LogP contribution in [0.2, 0.25) is 0 Å². The monoisotopic (exact) mass is 293 g/mol. The van der Waals surface area contributed by atoms with E-state index in [0.29, 0.717) is 11.7 Å². The van der Waals surface area contributed by atoms with Gasteiger partial charge in [-0.2, -0.15) is 0 Å². The Kier molecular flexibility index (Phi) is 6.21. The van der Waals surface area contributed by atoms with Gasteiger partial charge in [-0.1, -0.05) is 39.8 Å². The van der Waals surface area contributed by atoms with Crippen LogP contribution in [0.1, 0.15) is 39.2 Å². The van der Waals surface area contributed by atoms with Crippen LogP contribution in [0.4, 0.5) is 0 Å². The SMILES string of the molecule is CC(C)c1cccc(OC(C(=O)NCC(=O)O)C(C)C)c1. The van der Waals surface area contributed by atoms with Crippen LogP contribution in [0.3, 0.4) is 0 Å². The first-order valence-electron chi connectivity index (χ1n) is 7.07. The first-order valence-corrected chi connectivity index (χ1v) is 7.07. The van der Waals surface area contributed by atoms with E-state index in [2.05, 4.69) is 19.2 Å². The molecule has 0 aromatic heterocycles. The number of carboxylic acids is 1. The van der Waals surface area contributed by atoms with Crippen molar-refractivity contribution in [2.24, 2.45) is 5.92 Å². The molecule has 0 saturated heterocycles. The molecule has 1 aromatic rings. The van der Waals surface area contributed by atoms with E-state index in [4.69, 9.17) is 9.84 Å². The van der Waals surface area contributed by atoms with Gasteiger partial charge in [0.05, 0.1) is 0 Å². The molecule has 5 nitrogen and oxygen atoms in total. The molecule has 0 heterocycles. The van der Waals surface area contributed by atoms with Crippen molar-refractivity contribution in [2.45, 2.75) is 39.7 Å². The molecular weight excluding hydrogens is 270 g/mol. The molecule has 1 rings (SSSR count). The lowest BCUT2D eigenvalue weighted by Gasteiger charge is -2.22. The topological polar surface area (TPSA) is 75.6 Å². The van der Waals surface area contributed by atoms with E-state index in [0.717, 1.165) is 5.56 Å². The van der Waals surface area contributed by atoms with Crippen LogP contribution >= 0.6 is 0 Å². The predicted octanol–water partition coefficient (Wildman–Crippen LogP) is 2.41. The zero-order valence-corrected chi connectivity index (χ0v) is 12.9. The average molecular weight is 293 g/mol. The lowest BCUT2D eigenvalue weighted by Crippen LogP contribution is -2.43. The van der Waals surface area contributed by atoms with Gasteiger partial charge in [0.2, 0.25) is 0 Å². The minimum atomic E-state index is -1.08. The van der Waals surface area contributed by atoms with Gasteiger partial charge in [-0.25, -0.2) is 0 Å². The molecule has 0 spiro atoms. The molecule has 0 aliphatic carbocycles. The van der Waals surface area contributed by atoms with Crippen molar-refractivity contribution in [1.29, 1.82) is 0 Å². The summed E-state index contributed by atoms with van der Waals surface area (Å²) >= 11 is 0. The van der Waals surface area contributed by atoms with Crippen molar-refractivity contribution in [3.8, 4) is 5.75 Å². The van der Waals surface area contributed by atoms with E-state index in [-0.39, 0.29) is 5.92 Å². The highest BCUT2D eigenvalue weighted by molar-refractivity contribution is 5.84. The number of aliphatic carboxylic acids is 1. The van der Waals surface area contributed by atoms with Crippen LogP contribution in [0.25, 0.3) is 0 Å². The number of hydrogen-bond acceptors (Lipinski definition) is 3. The number of benzene rings is 1. The van der Waals surface area contributed by atoms with E-state index in [1.54, 1.807) is 6.07 Å². The maximum atomic E-state index is 12.0. The van der Waals surface area contributed by atoms with Gasteiger partial charge in [0.15, 0.2) is 6.10 Å². The van der Waals surface area contributed by atoms with Gasteiger partial charge in [-0.05, 0) is 29.5 Å². The summed E-state index contributed by atoms with van der Waals surface area (Å²) in [6.07, 6.45) is -0.716. The van der Waals surface area contributed by atoms with Gasteiger partial charge >= 0.3 is 5.97 Å². The molecule has 2 N–H and O–H groups in total. The number of rotatable bonds is 7. The second kappa shape index (κ2) is 7.67. The zero-order chi connectivity index (χ0) is 16.0. The van der Waals surface area contributed by atoms with Crippen molar-refractivity contribution >= 4 is 11.9 Å². The molecule has 1 amide bonds. The molecular formula is C16H23NO4. The summed E-state index contributed by atoms with van der Waals surface area (Å²) in [5.41, 5.74) is 1.13. The number of ether oxygens (including phenoxy) is 1. The number of amides is 1. The molecule has 5 heteroatoms. The van der Waals surface area contributed by atoms with Gasteiger partial charge in [-0.3, -0.25) is 9.59 Å². The lowest BCUT2D eigenvalue weighted by molar-refractivity contribution is -0.139. The smallest absolute Gasteiger partial charge is 0.322 e. The third kappa shape index (κ3) is 5.45. The van der Waals surface area contributed by atoms with Crippen molar-refractivity contribution in [3.63, 3.8) is 0 Å². The minimum absolute atomic E-state index is 0.0681. The molecule has 0 radical (unpaired) electrons. The lowest BCUT2D eigenvalue weighted by atomic mass is 10.0. The molecule has 21 heavy (non-hydrogen) atoms. The van der Waals surface area contributed by atoms with Crippen LogP contribution in [0, 0.1) is 5.92 Å². The summed E-state index contributed by atoms with van der Waals surface area (Å²) in [6.45, 7) is 7.48. The van der Waals surface area contributed by atoms with E-state index in [9.17, 15) is 9.59 Å². The Bertz CT molecular complexity index is 497. The number of nitrogens with one attached hydrogen (secondary N) is 1. The normalized spacial score (nSPS) is 12.3. The molecule has 0 fully saturated rings. The Hall–Kier alpha value is -2.04. The molecule has 0 saturated carbocycles. The predicted molar refractivity (Wildman–Crippen MR) is 80.4 cm³/mol. The van der Waals surface area contributed by atoms with E-state index < -0.39 is 24.5 Å². The minimum Gasteiger partial charge on any atom is -0.480 e. The van der Waals surface area contributed by atoms with Crippen LogP contribution in [0.15, 0.2) is 24.3 Å². The average Bonchev–Trinajstić information content (AvgIpc) is 2.42. The standard InChI is InChI=1S/C16H23NO4/c1-10(2)12-6-5-7-13(8-12)21-15(11(3)4)16(20)17-9-14(18)19/h5-8,10-11,15H,9H2,1-4H3,(H,17,20)(H,18,19). The number of hydrogen-bond donors (Lipinski definition) is 2. The van der Waals surface area contributed by atoms with Crippen molar-refractivity contribution in [1.82, 2.24) is 5.32 Å². The van der Waals surface area contributed by atoms with Gasteiger partial charge in [0, 0.05) is 0 Å². The van der Waals surface area contributed by atoms with Gasteiger partial charge in [-0.15, -0.1) is 0 Å². The third-order valence-electron chi connectivity index (χ3n) is 3.07. The number of carbonyl (C=O) groups excluding carboxylic acids is 1. The fourth-order valence-electron chi connectivity index (χ4n) is 1.85. The molecule has 0 aliphatic heterocycles. The summed E-state index contributed by atoms with van der Waals surface area (Å²) in [7, 11) is 0. The highest BCUT2D eigenvalue weighted by Gasteiger charge is 2.24. The number of carbonyl (C=O) groups is 2. The summed E-state index contributed by atoms with van der Waals surface area (Å²) in [5, 5.41) is 11.0. The van der Waals surface area contributed by atoms with E-state index in [1.165, 1.54) is 0 Å². The largest absolute Gasteiger partial charge is 0.480 e. The molecule has 1 unspecified atom stereocenters. The maximum Gasteiger partial charge on any atom is 0.322 e. The Morgan fingerprint density at radius 1 is 1.24 bits per heavy atom. The quantitative estimate of drug-likeness (QED) is 0.809. The molecule has 1 atom stereocenters. The molecule has 116 valence electrons. The van der Waals surface area contributed by atoms with Crippen LogP contribution in [0.5, 0.6) is 5.75 Å². The van der Waals surface area contributed by atoms with Gasteiger partial charge in [0.25, 0.3) is 5.91 Å². The Labute approximate surface area is 125 Å². The second-order valence-electron chi connectivity index (χ2n) is 5.62. The van der Waals surface area contributed by atoms with Crippen molar-refractivity contribution in [3.05, 3.63) is 29.8 Å². The first kappa shape index (κ1) is 17.0. The zero-order valence-electron chi connectivity index (χ0n) is 12.9. The van der Waals surface area contributed by atoms with E-state index >= 15 is 0 Å². The Morgan fingerprint density at radius 2 is 1.90 bits per heavy atom. The number of carboxylic acid groups (broad SMARTS) is 1. The fraction of sp³-hybridized carbons (Fsp3) is 0.500. The van der Waals surface area contributed by atoms with Crippen LogP contribution < -0.4 is 10.1 Å². The van der Waals surface area contributed by atoms with E-state index in [1.807, 2.05) is 32.0 Å². The molecule has 1 aromatic carbocycles. The van der Waals surface area contributed by atoms with Crippen molar-refractivity contribution in [2.75, 3.05) is 6.54 Å². The van der Waals surface area contributed by atoms with Gasteiger partial charge < -0.3 is 15.2 Å². The first-order chi connectivity index (χ1) is 9.81. The summed E-state index contributed by atoms with van der Waals surface area (Å²) < 4.78 is 5.76. The fourth-order valence-corrected chi connectivity index (χ4v) is 1.85. The highest BCUT2D eigenvalue weighted by atomic mass is 16.5. The van der Waals surface area contributed by atoms with Crippen LogP contribution in [-0.2, 0) is 9.59 Å². The Morgan fingerprint density at radius 3 is 2.43 bits per heavy atom. The molecule has 0 aliphatic rings. The third-order valence-corrected chi connectivity index (χ3v) is 3.07. The maximum absolute atomic E-state index is 12.0. The van der Waals surface area contributed by atoms with Crippen LogP contribution in [-0.4, -0.2) is 29.6 Å². The summed E-state index contributed by atoms with van der Waals surface area (Å²) in [5.74, 6) is -0.575. The summed E-state index contributed by atoms with van der Waals surface area (Å²) in [6, 6.07) is 7.60. The Balaban J connectivity index is 2.81. The second-order valence-corrected chi connectivity index (χ2v) is 5.62. The molecule has 0 bridgehead atoms. The van der Waals surface area contributed by atoms with Gasteiger partial charge in [0.1, 0.15) is 12.3 Å². The summed E-state index contributed by atoms with van der Waals surface area (Å²) in [4.78, 5) is 22.5. The highest BCUT2D eigenvalue weighted by Crippen LogP contribution is 2.22. The van der Waals surface area contributed by atoms with Crippen molar-refractivity contribution < 1.29 is 19.4 Å².